The molecule has 0 saturated carbocycles. The van der Waals surface area contributed by atoms with Gasteiger partial charge in [0.1, 0.15) is 0 Å². The average Bonchev–Trinajstić information content (AvgIpc) is 3.17. The molecule has 0 aromatic heterocycles. The van der Waals surface area contributed by atoms with E-state index in [1.54, 1.807) is 11.1 Å². The fraction of sp³-hybridized carbons (Fsp3) is 0.276. The molecule has 1 aliphatic carbocycles. The second kappa shape index (κ2) is 18.8. The monoisotopic (exact) mass is 575 g/mol. The molecular weight excluding hydrogens is 527 g/mol. The van der Waals surface area contributed by atoms with Crippen molar-refractivity contribution in [3.63, 3.8) is 0 Å². The van der Waals surface area contributed by atoms with Crippen molar-refractivity contribution in [2.24, 2.45) is 5.41 Å². The van der Waals surface area contributed by atoms with Crippen molar-refractivity contribution in [2.75, 3.05) is 0 Å². The summed E-state index contributed by atoms with van der Waals surface area (Å²) < 4.78 is 0. The Balaban J connectivity index is -0.0000000997. The molecule has 0 aliphatic heterocycles. The summed E-state index contributed by atoms with van der Waals surface area (Å²) in [4.78, 5) is 0. The Hall–Kier alpha value is -0.950. The van der Waals surface area contributed by atoms with Crippen molar-refractivity contribution in [2.45, 2.75) is 46.5 Å². The maximum Gasteiger partial charge on any atom is 0 e. The molecule has 0 amide bonds. The first-order valence-electron chi connectivity index (χ1n) is 8.40. The summed E-state index contributed by atoms with van der Waals surface area (Å²) in [5, 5.41) is 2.95. The summed E-state index contributed by atoms with van der Waals surface area (Å²) in [6.45, 7) is 6.96. The van der Waals surface area contributed by atoms with Crippen LogP contribution in [-0.2, 0) is 45.1 Å². The van der Waals surface area contributed by atoms with Gasteiger partial charge in [0, 0.05) is 25.8 Å². The number of fused-ring (bicyclic) bond motifs is 2. The molecule has 0 saturated heterocycles. The van der Waals surface area contributed by atoms with E-state index in [2.05, 4.69) is 45.0 Å². The van der Waals surface area contributed by atoms with Gasteiger partial charge in [-0.3, -0.25) is 0 Å². The van der Waals surface area contributed by atoms with Crippen LogP contribution in [-0.4, -0.2) is 0 Å². The normalized spacial score (nSPS) is 10.1. The first kappa shape index (κ1) is 43.0. The molecule has 0 spiro atoms. The van der Waals surface area contributed by atoms with Crippen molar-refractivity contribution in [3.8, 4) is 0 Å². The van der Waals surface area contributed by atoms with Gasteiger partial charge in [0.25, 0.3) is 0 Å². The fourth-order valence-electron chi connectivity index (χ4n) is 3.39. The number of benzene rings is 1. The average molecular weight is 574 g/mol. The van der Waals surface area contributed by atoms with E-state index in [0.29, 0.717) is 5.41 Å². The third kappa shape index (κ3) is 11.4. The van der Waals surface area contributed by atoms with Crippen molar-refractivity contribution in [3.05, 3.63) is 123 Å². The maximum absolute atomic E-state index is 2.46. The molecule has 0 heterocycles. The van der Waals surface area contributed by atoms with E-state index in [0.717, 1.165) is 0 Å². The van der Waals surface area contributed by atoms with Crippen LogP contribution < -0.4 is 0 Å². The Bertz CT molecular complexity index is 706. The van der Waals surface area contributed by atoms with E-state index in [1.807, 2.05) is 30.3 Å². The second-order valence-electron chi connectivity index (χ2n) is 7.62. The summed E-state index contributed by atoms with van der Waals surface area (Å²) in [6, 6.07) is 19.5. The summed E-state index contributed by atoms with van der Waals surface area (Å²) in [6.07, 6.45) is 5.09. The quantitative estimate of drug-likeness (QED) is 0.201. The van der Waals surface area contributed by atoms with E-state index in [4.69, 9.17) is 0 Å². The van der Waals surface area contributed by atoms with E-state index >= 15 is 0 Å². The Labute approximate surface area is 211 Å². The zero-order chi connectivity index (χ0) is 15.6. The van der Waals surface area contributed by atoms with Crippen LogP contribution in [0.25, 0.3) is 10.8 Å². The summed E-state index contributed by atoms with van der Waals surface area (Å²) in [5.41, 5.74) is 5.09. The Morgan fingerprint density at radius 2 is 1.33 bits per heavy atom. The number of hydrogen-bond acceptors (Lipinski definition) is 0. The first-order valence-corrected chi connectivity index (χ1v) is 8.40. The number of aryl methyl sites for hydroxylation is 2. The van der Waals surface area contributed by atoms with Crippen molar-refractivity contribution < 1.29 is 25.8 Å². The molecule has 0 radical (unpaired) electrons. The van der Waals surface area contributed by atoms with Crippen LogP contribution in [0.2, 0.25) is 0 Å². The SMILES string of the molecule is CC(C)(C)C[c-]1ccc2cc3c(cc21)CCC3.[CH3-].[CH3-].[CH3-].[CH3-].[CH3-].[CH3-].[CH3-].[Hf].c1cc[cH-]c1. The molecule has 0 nitrogen and oxygen atoms in total. The van der Waals surface area contributed by atoms with Crippen LogP contribution in [0.5, 0.6) is 0 Å². The predicted molar refractivity (Wildman–Crippen MR) is 142 cm³/mol. The van der Waals surface area contributed by atoms with Gasteiger partial charge in [-0.1, -0.05) is 38.3 Å². The molecule has 3 aromatic carbocycles. The predicted octanol–water partition coefficient (Wildman–Crippen LogP) is 9.19. The third-order valence-corrected chi connectivity index (χ3v) is 4.35. The van der Waals surface area contributed by atoms with Gasteiger partial charge in [0.2, 0.25) is 0 Å². The zero-order valence-electron chi connectivity index (χ0n) is 21.5. The van der Waals surface area contributed by atoms with Gasteiger partial charge in [0.15, 0.2) is 0 Å². The Morgan fingerprint density at radius 3 is 1.77 bits per heavy atom. The van der Waals surface area contributed by atoms with Crippen LogP contribution in [0.3, 0.4) is 0 Å². The molecule has 3 aromatic rings. The number of rotatable bonds is 1. The Morgan fingerprint density at radius 1 is 0.833 bits per heavy atom. The molecule has 30 heavy (non-hydrogen) atoms. The van der Waals surface area contributed by atoms with Crippen LogP contribution in [0, 0.1) is 57.4 Å². The van der Waals surface area contributed by atoms with Crippen LogP contribution in [0.4, 0.5) is 0 Å². The largest absolute Gasteiger partial charge is 0.358 e. The molecule has 1 heteroatoms. The van der Waals surface area contributed by atoms with Gasteiger partial charge >= 0.3 is 0 Å². The van der Waals surface area contributed by atoms with Gasteiger partial charge in [0.05, 0.1) is 0 Å². The Kier molecular flexibility index (Phi) is 26.9. The van der Waals surface area contributed by atoms with Gasteiger partial charge < -0.3 is 52.0 Å². The van der Waals surface area contributed by atoms with Gasteiger partial charge in [-0.05, 0) is 24.7 Å². The van der Waals surface area contributed by atoms with Gasteiger partial charge in [-0.25, -0.2) is 12.1 Å². The van der Waals surface area contributed by atoms with Crippen molar-refractivity contribution in [1.82, 2.24) is 0 Å². The number of hydrogen-bond donors (Lipinski definition) is 0. The summed E-state index contributed by atoms with van der Waals surface area (Å²) in [5.74, 6) is 0. The molecule has 4 rings (SSSR count). The molecule has 0 atom stereocenters. The van der Waals surface area contributed by atoms with E-state index < -0.39 is 0 Å². The topological polar surface area (TPSA) is 0 Å². The zero-order valence-corrected chi connectivity index (χ0v) is 25.1. The van der Waals surface area contributed by atoms with Gasteiger partial charge in [-0.15, -0.1) is 34.5 Å². The van der Waals surface area contributed by atoms with E-state index in [1.165, 1.54) is 42.0 Å². The fourth-order valence-corrected chi connectivity index (χ4v) is 3.39. The van der Waals surface area contributed by atoms with Crippen molar-refractivity contribution >= 4 is 10.8 Å². The minimum atomic E-state index is 0. The summed E-state index contributed by atoms with van der Waals surface area (Å²) >= 11 is 0. The molecule has 0 N–H and O–H groups in total. The summed E-state index contributed by atoms with van der Waals surface area (Å²) in [7, 11) is 0. The molecule has 0 bridgehead atoms. The van der Waals surface area contributed by atoms with Crippen molar-refractivity contribution in [1.29, 1.82) is 0 Å². The van der Waals surface area contributed by atoms with Crippen LogP contribution in [0.1, 0.15) is 43.9 Å². The van der Waals surface area contributed by atoms with Gasteiger partial charge in [-0.2, -0.15) is 24.3 Å². The van der Waals surface area contributed by atoms with E-state index in [-0.39, 0.29) is 77.8 Å². The molecular formula is C29H47Hf-9. The molecule has 1 aliphatic rings. The smallest absolute Gasteiger partial charge is 0 e. The standard InChI is InChI=1S/C17H21.C5H5.7CH3.Hf/c1-17(2,3)11-15-8-7-14-9-12-5-4-6-13(12)10-16(14)15;1-2-4-5-3-1;;;;;;;;/h7-10H,4-6,11H2,1-3H3;1-5H;7*1H3;/q9*-1;. The van der Waals surface area contributed by atoms with E-state index in [9.17, 15) is 0 Å². The maximum atomic E-state index is 2.46. The first-order chi connectivity index (χ1) is 10.5. The third-order valence-electron chi connectivity index (χ3n) is 4.35. The molecule has 0 fully saturated rings. The molecule has 176 valence electrons. The minimum absolute atomic E-state index is 0. The van der Waals surface area contributed by atoms with Crippen LogP contribution >= 0.6 is 0 Å². The second-order valence-corrected chi connectivity index (χ2v) is 7.62. The molecule has 0 unspecified atom stereocenters. The minimum Gasteiger partial charge on any atom is -0.358 e. The van der Waals surface area contributed by atoms with Crippen LogP contribution in [0.15, 0.2) is 54.6 Å².